The van der Waals surface area contributed by atoms with Crippen LogP contribution in [0.5, 0.6) is 0 Å². The molecule has 0 radical (unpaired) electrons. The molecule has 0 spiro atoms. The fourth-order valence-corrected chi connectivity index (χ4v) is 1.23. The summed E-state index contributed by atoms with van der Waals surface area (Å²) in [4.78, 5) is 13.3. The van der Waals surface area contributed by atoms with Crippen LogP contribution in [0.15, 0.2) is 23.9 Å². The number of carbonyl (C=O) groups is 1. The third-order valence-electron chi connectivity index (χ3n) is 2.22. The van der Waals surface area contributed by atoms with Gasteiger partial charge in [0.05, 0.1) is 6.61 Å². The molecule has 4 nitrogen and oxygen atoms in total. The van der Waals surface area contributed by atoms with Gasteiger partial charge in [-0.3, -0.25) is 0 Å². The van der Waals surface area contributed by atoms with Gasteiger partial charge in [0.25, 0.3) is 0 Å². The Morgan fingerprint density at radius 3 is 2.61 bits per heavy atom. The first-order chi connectivity index (χ1) is 8.61. The van der Waals surface area contributed by atoms with Gasteiger partial charge in [-0.1, -0.05) is 26.2 Å². The standard InChI is InChI=1S/C14H22N2O2/c1-4-5-6-7-11-18-14(17)13(12-15)9-8-10-16(2)3/h8-10H,4-7,11H2,1-3H3/b10-8+,13-9-. The second-order valence-electron chi connectivity index (χ2n) is 4.19. The predicted molar refractivity (Wildman–Crippen MR) is 71.6 cm³/mol. The van der Waals surface area contributed by atoms with Crippen LogP contribution in [0.2, 0.25) is 0 Å². The van der Waals surface area contributed by atoms with Crippen LogP contribution in [0.4, 0.5) is 0 Å². The maximum atomic E-state index is 11.5. The van der Waals surface area contributed by atoms with Crippen molar-refractivity contribution in [3.8, 4) is 6.07 Å². The third-order valence-corrected chi connectivity index (χ3v) is 2.22. The van der Waals surface area contributed by atoms with Crippen molar-refractivity contribution in [3.63, 3.8) is 0 Å². The van der Waals surface area contributed by atoms with E-state index in [2.05, 4.69) is 6.92 Å². The molecule has 100 valence electrons. The molecule has 0 aromatic rings. The largest absolute Gasteiger partial charge is 0.462 e. The molecule has 0 heterocycles. The highest BCUT2D eigenvalue weighted by Crippen LogP contribution is 2.02. The normalized spacial score (nSPS) is 11.3. The Morgan fingerprint density at radius 1 is 1.33 bits per heavy atom. The highest BCUT2D eigenvalue weighted by molar-refractivity contribution is 5.93. The fraction of sp³-hybridized carbons (Fsp3) is 0.571. The van der Waals surface area contributed by atoms with E-state index in [1.807, 2.05) is 25.1 Å². The Hall–Kier alpha value is -1.76. The fourth-order valence-electron chi connectivity index (χ4n) is 1.23. The molecule has 0 unspecified atom stereocenters. The van der Waals surface area contributed by atoms with Gasteiger partial charge in [0.1, 0.15) is 11.6 Å². The minimum absolute atomic E-state index is 0.0311. The molecule has 0 aliphatic rings. The number of carbonyl (C=O) groups excluding carboxylic acids is 1. The zero-order chi connectivity index (χ0) is 13.8. The Labute approximate surface area is 110 Å². The molecule has 0 aromatic carbocycles. The van der Waals surface area contributed by atoms with E-state index in [0.29, 0.717) is 6.61 Å². The van der Waals surface area contributed by atoms with Gasteiger partial charge in [0.2, 0.25) is 0 Å². The molecule has 0 saturated heterocycles. The van der Waals surface area contributed by atoms with E-state index in [1.54, 1.807) is 12.3 Å². The number of esters is 1. The summed E-state index contributed by atoms with van der Waals surface area (Å²) < 4.78 is 5.02. The van der Waals surface area contributed by atoms with E-state index in [4.69, 9.17) is 10.00 Å². The van der Waals surface area contributed by atoms with Crippen molar-refractivity contribution < 1.29 is 9.53 Å². The van der Waals surface area contributed by atoms with Crippen molar-refractivity contribution in [2.24, 2.45) is 0 Å². The molecule has 0 aromatic heterocycles. The summed E-state index contributed by atoms with van der Waals surface area (Å²) in [6, 6.07) is 1.84. The minimum atomic E-state index is -0.544. The van der Waals surface area contributed by atoms with Gasteiger partial charge in [-0.2, -0.15) is 5.26 Å². The lowest BCUT2D eigenvalue weighted by molar-refractivity contribution is -0.138. The number of hydrogen-bond acceptors (Lipinski definition) is 4. The summed E-state index contributed by atoms with van der Waals surface area (Å²) in [5.41, 5.74) is 0.0311. The van der Waals surface area contributed by atoms with E-state index in [-0.39, 0.29) is 5.57 Å². The monoisotopic (exact) mass is 250 g/mol. The molecule has 0 bridgehead atoms. The summed E-state index contributed by atoms with van der Waals surface area (Å²) in [6.07, 6.45) is 9.07. The van der Waals surface area contributed by atoms with E-state index >= 15 is 0 Å². The summed E-state index contributed by atoms with van der Waals surface area (Å²) in [5, 5.41) is 8.84. The van der Waals surface area contributed by atoms with Gasteiger partial charge < -0.3 is 9.64 Å². The Bertz CT molecular complexity index is 338. The number of hydrogen-bond donors (Lipinski definition) is 0. The van der Waals surface area contributed by atoms with Crippen LogP contribution in [0.1, 0.15) is 32.6 Å². The van der Waals surface area contributed by atoms with Crippen LogP contribution in [0.25, 0.3) is 0 Å². The van der Waals surface area contributed by atoms with E-state index in [1.165, 1.54) is 6.08 Å². The highest BCUT2D eigenvalue weighted by Gasteiger charge is 2.08. The third kappa shape index (κ3) is 8.40. The summed E-state index contributed by atoms with van der Waals surface area (Å²) in [7, 11) is 3.73. The van der Waals surface area contributed by atoms with Crippen LogP contribution in [-0.2, 0) is 9.53 Å². The smallest absolute Gasteiger partial charge is 0.348 e. The van der Waals surface area contributed by atoms with Gasteiger partial charge in [-0.05, 0) is 24.8 Å². The van der Waals surface area contributed by atoms with Crippen molar-refractivity contribution >= 4 is 5.97 Å². The van der Waals surface area contributed by atoms with Gasteiger partial charge in [0.15, 0.2) is 0 Å². The van der Waals surface area contributed by atoms with Crippen LogP contribution >= 0.6 is 0 Å². The van der Waals surface area contributed by atoms with E-state index < -0.39 is 5.97 Å². The van der Waals surface area contributed by atoms with Gasteiger partial charge in [-0.15, -0.1) is 0 Å². The van der Waals surface area contributed by atoms with Crippen LogP contribution in [0.3, 0.4) is 0 Å². The van der Waals surface area contributed by atoms with Crippen LogP contribution in [-0.4, -0.2) is 31.6 Å². The van der Waals surface area contributed by atoms with Crippen molar-refractivity contribution in [3.05, 3.63) is 23.9 Å². The average molecular weight is 250 g/mol. The lowest BCUT2D eigenvalue weighted by atomic mass is 10.2. The average Bonchev–Trinajstić information content (AvgIpc) is 2.33. The lowest BCUT2D eigenvalue weighted by Crippen LogP contribution is -2.08. The number of rotatable bonds is 8. The quantitative estimate of drug-likeness (QED) is 0.218. The Morgan fingerprint density at radius 2 is 2.06 bits per heavy atom. The first kappa shape index (κ1) is 16.2. The zero-order valence-electron chi connectivity index (χ0n) is 11.5. The summed E-state index contributed by atoms with van der Waals surface area (Å²) in [5.74, 6) is -0.544. The molecular formula is C14H22N2O2. The van der Waals surface area contributed by atoms with E-state index in [0.717, 1.165) is 25.7 Å². The topological polar surface area (TPSA) is 53.3 Å². The number of allylic oxidation sites excluding steroid dienone is 2. The maximum Gasteiger partial charge on any atom is 0.348 e. The molecule has 0 saturated carbocycles. The number of ether oxygens (including phenoxy) is 1. The predicted octanol–water partition coefficient (Wildman–Crippen LogP) is 2.64. The van der Waals surface area contributed by atoms with Crippen LogP contribution < -0.4 is 0 Å². The molecule has 0 rings (SSSR count). The first-order valence-corrected chi connectivity index (χ1v) is 6.24. The van der Waals surface area contributed by atoms with Crippen molar-refractivity contribution in [1.82, 2.24) is 4.90 Å². The van der Waals surface area contributed by atoms with Crippen LogP contribution in [0, 0.1) is 11.3 Å². The lowest BCUT2D eigenvalue weighted by Gasteiger charge is -2.03. The molecule has 0 aliphatic heterocycles. The maximum absolute atomic E-state index is 11.5. The molecule has 18 heavy (non-hydrogen) atoms. The number of unbranched alkanes of at least 4 members (excludes halogenated alkanes) is 3. The van der Waals surface area contributed by atoms with Gasteiger partial charge >= 0.3 is 5.97 Å². The summed E-state index contributed by atoms with van der Waals surface area (Å²) >= 11 is 0. The molecule has 0 amide bonds. The second kappa shape index (κ2) is 10.4. The molecule has 0 aliphatic carbocycles. The van der Waals surface area contributed by atoms with Gasteiger partial charge in [0, 0.05) is 14.1 Å². The Balaban J connectivity index is 4.08. The second-order valence-corrected chi connectivity index (χ2v) is 4.19. The molecular weight excluding hydrogens is 228 g/mol. The minimum Gasteiger partial charge on any atom is -0.462 e. The summed E-state index contributed by atoms with van der Waals surface area (Å²) in [6.45, 7) is 2.51. The number of nitrogens with zero attached hydrogens (tertiary/aromatic N) is 2. The Kier molecular flexibility index (Phi) is 9.38. The van der Waals surface area contributed by atoms with Crippen molar-refractivity contribution in [2.75, 3.05) is 20.7 Å². The van der Waals surface area contributed by atoms with Crippen molar-refractivity contribution in [2.45, 2.75) is 32.6 Å². The molecule has 4 heteroatoms. The molecule has 0 N–H and O–H groups in total. The first-order valence-electron chi connectivity index (χ1n) is 6.24. The van der Waals surface area contributed by atoms with E-state index in [9.17, 15) is 4.79 Å². The highest BCUT2D eigenvalue weighted by atomic mass is 16.5. The van der Waals surface area contributed by atoms with Crippen molar-refractivity contribution in [1.29, 1.82) is 5.26 Å². The molecule has 0 fully saturated rings. The molecule has 0 atom stereocenters. The number of nitriles is 1. The van der Waals surface area contributed by atoms with Gasteiger partial charge in [-0.25, -0.2) is 4.79 Å². The SMILES string of the molecule is CCCCCCOC(=O)/C(C#N)=C\C=C\N(C)C. The zero-order valence-corrected chi connectivity index (χ0v) is 11.5.